The van der Waals surface area contributed by atoms with Gasteiger partial charge in [0, 0.05) is 24.8 Å². The number of carbonyl (C=O) groups is 1. The predicted octanol–water partition coefficient (Wildman–Crippen LogP) is 2.24. The average Bonchev–Trinajstić information content (AvgIpc) is 2.27. The number of methoxy groups -OCH3 is 1. The van der Waals surface area contributed by atoms with E-state index < -0.39 is 5.97 Å². The number of ether oxygens (including phenoxy) is 1. The second-order valence-electron chi connectivity index (χ2n) is 4.37. The lowest BCUT2D eigenvalue weighted by atomic mass is 9.96. The number of benzene rings is 1. The van der Waals surface area contributed by atoms with E-state index in [0.29, 0.717) is 5.75 Å². The van der Waals surface area contributed by atoms with Crippen LogP contribution in [0.25, 0.3) is 0 Å². The molecule has 0 radical (unpaired) electrons. The predicted molar refractivity (Wildman–Crippen MR) is 65.9 cm³/mol. The first-order chi connectivity index (χ1) is 8.15. The highest BCUT2D eigenvalue weighted by atomic mass is 16.5. The monoisotopic (exact) mass is 235 g/mol. The quantitative estimate of drug-likeness (QED) is 0.869. The minimum atomic E-state index is -0.955. The van der Waals surface area contributed by atoms with Crippen LogP contribution in [0.15, 0.2) is 18.2 Å². The lowest BCUT2D eigenvalue weighted by Gasteiger charge is -2.40. The third-order valence-corrected chi connectivity index (χ3v) is 3.32. The number of carboxylic acid groups (broad SMARTS) is 1. The molecule has 1 heterocycles. The fourth-order valence-electron chi connectivity index (χ4n) is 2.09. The van der Waals surface area contributed by atoms with Crippen LogP contribution < -0.4 is 9.64 Å². The Morgan fingerprint density at radius 3 is 2.76 bits per heavy atom. The third kappa shape index (κ3) is 2.20. The standard InChI is InChI=1S/C13H17NO3/c1-3-9-7-14(8-9)10-4-5-11(13(15)16)12(6-10)17-2/h4-6,9H,3,7-8H2,1-2H3,(H,15,16). The molecule has 1 saturated heterocycles. The van der Waals surface area contributed by atoms with Crippen LogP contribution in [0.3, 0.4) is 0 Å². The zero-order valence-electron chi connectivity index (χ0n) is 10.1. The summed E-state index contributed by atoms with van der Waals surface area (Å²) in [6.45, 7) is 4.29. The van der Waals surface area contributed by atoms with Crippen LogP contribution in [0.4, 0.5) is 5.69 Å². The zero-order chi connectivity index (χ0) is 12.4. The minimum absolute atomic E-state index is 0.212. The molecule has 17 heavy (non-hydrogen) atoms. The molecule has 0 aromatic heterocycles. The zero-order valence-corrected chi connectivity index (χ0v) is 10.1. The van der Waals surface area contributed by atoms with Gasteiger partial charge in [0.15, 0.2) is 0 Å². The van der Waals surface area contributed by atoms with Gasteiger partial charge in [-0.1, -0.05) is 6.92 Å². The second kappa shape index (κ2) is 4.65. The molecular weight excluding hydrogens is 218 g/mol. The molecule has 1 N–H and O–H groups in total. The molecule has 0 bridgehead atoms. The van der Waals surface area contributed by atoms with Crippen molar-refractivity contribution < 1.29 is 14.6 Å². The van der Waals surface area contributed by atoms with E-state index in [0.717, 1.165) is 24.7 Å². The van der Waals surface area contributed by atoms with Crippen LogP contribution in [0.1, 0.15) is 23.7 Å². The first-order valence-electron chi connectivity index (χ1n) is 5.82. The largest absolute Gasteiger partial charge is 0.496 e. The Bertz CT molecular complexity index is 425. The highest BCUT2D eigenvalue weighted by molar-refractivity contribution is 5.91. The molecule has 0 saturated carbocycles. The number of aromatic carboxylic acids is 1. The molecule has 1 aromatic rings. The number of hydrogen-bond donors (Lipinski definition) is 1. The normalized spacial score (nSPS) is 15.5. The molecule has 2 rings (SSSR count). The summed E-state index contributed by atoms with van der Waals surface area (Å²) in [5, 5.41) is 8.98. The lowest BCUT2D eigenvalue weighted by Crippen LogP contribution is -2.46. The molecule has 1 aromatic carbocycles. The Hall–Kier alpha value is -1.71. The number of anilines is 1. The topological polar surface area (TPSA) is 49.8 Å². The molecule has 92 valence electrons. The molecule has 0 amide bonds. The van der Waals surface area contributed by atoms with Gasteiger partial charge < -0.3 is 14.7 Å². The maximum Gasteiger partial charge on any atom is 0.339 e. The van der Waals surface area contributed by atoms with Crippen molar-refractivity contribution in [3.05, 3.63) is 23.8 Å². The van der Waals surface area contributed by atoms with Gasteiger partial charge in [-0.05, 0) is 24.5 Å². The fourth-order valence-corrected chi connectivity index (χ4v) is 2.09. The maximum atomic E-state index is 11.0. The van der Waals surface area contributed by atoms with E-state index in [1.807, 2.05) is 6.07 Å². The number of carboxylic acids is 1. The van der Waals surface area contributed by atoms with Crippen LogP contribution in [0.2, 0.25) is 0 Å². The van der Waals surface area contributed by atoms with Crippen LogP contribution in [-0.4, -0.2) is 31.3 Å². The third-order valence-electron chi connectivity index (χ3n) is 3.32. The van der Waals surface area contributed by atoms with Crippen molar-refractivity contribution in [2.45, 2.75) is 13.3 Å². The summed E-state index contributed by atoms with van der Waals surface area (Å²) in [5.41, 5.74) is 1.25. The van der Waals surface area contributed by atoms with E-state index >= 15 is 0 Å². The van der Waals surface area contributed by atoms with Gasteiger partial charge in [0.2, 0.25) is 0 Å². The summed E-state index contributed by atoms with van der Waals surface area (Å²) in [4.78, 5) is 13.2. The van der Waals surface area contributed by atoms with Crippen molar-refractivity contribution in [2.75, 3.05) is 25.1 Å². The van der Waals surface area contributed by atoms with Crippen LogP contribution in [0.5, 0.6) is 5.75 Å². The van der Waals surface area contributed by atoms with Gasteiger partial charge in [0.1, 0.15) is 11.3 Å². The van der Waals surface area contributed by atoms with E-state index in [1.165, 1.54) is 13.5 Å². The summed E-state index contributed by atoms with van der Waals surface area (Å²) in [6, 6.07) is 5.25. The smallest absolute Gasteiger partial charge is 0.339 e. The molecule has 4 heteroatoms. The Morgan fingerprint density at radius 1 is 1.53 bits per heavy atom. The van der Waals surface area contributed by atoms with E-state index in [1.54, 1.807) is 12.1 Å². The molecule has 0 atom stereocenters. The highest BCUT2D eigenvalue weighted by Gasteiger charge is 2.26. The molecule has 1 fully saturated rings. The number of hydrogen-bond acceptors (Lipinski definition) is 3. The number of nitrogens with zero attached hydrogens (tertiary/aromatic N) is 1. The fraction of sp³-hybridized carbons (Fsp3) is 0.462. The van der Waals surface area contributed by atoms with Crippen LogP contribution >= 0.6 is 0 Å². The van der Waals surface area contributed by atoms with Gasteiger partial charge in [-0.25, -0.2) is 4.79 Å². The number of rotatable bonds is 4. The summed E-state index contributed by atoms with van der Waals surface area (Å²) < 4.78 is 5.11. The summed E-state index contributed by atoms with van der Waals surface area (Å²) >= 11 is 0. The van der Waals surface area contributed by atoms with Crippen molar-refractivity contribution in [3.63, 3.8) is 0 Å². The van der Waals surface area contributed by atoms with Crippen molar-refractivity contribution >= 4 is 11.7 Å². The van der Waals surface area contributed by atoms with Gasteiger partial charge in [-0.15, -0.1) is 0 Å². The highest BCUT2D eigenvalue weighted by Crippen LogP contribution is 2.31. The molecule has 0 spiro atoms. The molecule has 4 nitrogen and oxygen atoms in total. The molecule has 1 aliphatic heterocycles. The molecule has 0 aliphatic carbocycles. The summed E-state index contributed by atoms with van der Waals surface area (Å²) in [6.07, 6.45) is 1.20. The Kier molecular flexibility index (Phi) is 3.22. The summed E-state index contributed by atoms with van der Waals surface area (Å²) in [7, 11) is 1.50. The molecular formula is C13H17NO3. The van der Waals surface area contributed by atoms with Gasteiger partial charge >= 0.3 is 5.97 Å². The van der Waals surface area contributed by atoms with Crippen LogP contribution in [0, 0.1) is 5.92 Å². The van der Waals surface area contributed by atoms with E-state index in [-0.39, 0.29) is 5.56 Å². The van der Waals surface area contributed by atoms with E-state index in [4.69, 9.17) is 9.84 Å². The van der Waals surface area contributed by atoms with Crippen molar-refractivity contribution in [3.8, 4) is 5.75 Å². The first kappa shape index (κ1) is 11.8. The molecule has 0 unspecified atom stereocenters. The molecule has 1 aliphatic rings. The first-order valence-corrected chi connectivity index (χ1v) is 5.82. The van der Waals surface area contributed by atoms with Crippen molar-refractivity contribution in [1.82, 2.24) is 0 Å². The minimum Gasteiger partial charge on any atom is -0.496 e. The van der Waals surface area contributed by atoms with Crippen molar-refractivity contribution in [1.29, 1.82) is 0 Å². The Balaban J connectivity index is 2.18. The summed E-state index contributed by atoms with van der Waals surface area (Å²) in [5.74, 6) is 0.235. The van der Waals surface area contributed by atoms with Gasteiger partial charge in [0.05, 0.1) is 7.11 Å². The lowest BCUT2D eigenvalue weighted by molar-refractivity contribution is 0.0693. The van der Waals surface area contributed by atoms with Crippen LogP contribution in [-0.2, 0) is 0 Å². The van der Waals surface area contributed by atoms with Crippen molar-refractivity contribution in [2.24, 2.45) is 5.92 Å². The SMILES string of the molecule is CCC1CN(c2ccc(C(=O)O)c(OC)c2)C1. The average molecular weight is 235 g/mol. The second-order valence-corrected chi connectivity index (χ2v) is 4.37. The van der Waals surface area contributed by atoms with Gasteiger partial charge in [0.25, 0.3) is 0 Å². The van der Waals surface area contributed by atoms with E-state index in [2.05, 4.69) is 11.8 Å². The Labute approximate surface area is 101 Å². The van der Waals surface area contributed by atoms with Gasteiger partial charge in [-0.3, -0.25) is 0 Å². The van der Waals surface area contributed by atoms with E-state index in [9.17, 15) is 4.79 Å². The van der Waals surface area contributed by atoms with Gasteiger partial charge in [-0.2, -0.15) is 0 Å². The Morgan fingerprint density at radius 2 is 2.24 bits per heavy atom. The maximum absolute atomic E-state index is 11.0.